The van der Waals surface area contributed by atoms with Gasteiger partial charge >= 0.3 is 5.69 Å². The molecule has 134 valence electrons. The van der Waals surface area contributed by atoms with Crippen LogP contribution in [-0.2, 0) is 14.1 Å². The summed E-state index contributed by atoms with van der Waals surface area (Å²) in [6.07, 6.45) is 0. The molecule has 2 rings (SSSR count). The van der Waals surface area contributed by atoms with Crippen molar-refractivity contribution in [1.29, 1.82) is 0 Å². The molecule has 7 heteroatoms. The normalized spacial score (nSPS) is 12.4. The van der Waals surface area contributed by atoms with Gasteiger partial charge in [0.05, 0.1) is 6.54 Å². The fraction of sp³-hybridized carbons (Fsp3) is 0.389. The first kappa shape index (κ1) is 18.7. The summed E-state index contributed by atoms with van der Waals surface area (Å²) >= 11 is 0. The van der Waals surface area contributed by atoms with Crippen molar-refractivity contribution in [2.24, 2.45) is 20.0 Å². The summed E-state index contributed by atoms with van der Waals surface area (Å²) in [4.78, 5) is 36.7. The van der Waals surface area contributed by atoms with Crippen molar-refractivity contribution in [1.82, 2.24) is 14.5 Å². The number of hydrogen-bond donors (Lipinski definition) is 2. The average molecular weight is 344 g/mol. The number of aromatic nitrogens is 2. The zero-order chi connectivity index (χ0) is 18.7. The number of benzene rings is 1. The largest absolute Gasteiger partial charge is 0.384 e. The number of nitrogens with two attached hydrogens (primary N) is 1. The van der Waals surface area contributed by atoms with Crippen LogP contribution in [0.2, 0.25) is 0 Å². The van der Waals surface area contributed by atoms with Crippen LogP contribution in [0.3, 0.4) is 0 Å². The van der Waals surface area contributed by atoms with E-state index in [1.807, 2.05) is 30.3 Å². The van der Waals surface area contributed by atoms with Gasteiger partial charge in [0.1, 0.15) is 11.4 Å². The predicted octanol–water partition coefficient (Wildman–Crippen LogP) is 0.836. The summed E-state index contributed by atoms with van der Waals surface area (Å²) < 4.78 is 1.99. The van der Waals surface area contributed by atoms with Crippen LogP contribution in [0.1, 0.15) is 35.8 Å². The summed E-state index contributed by atoms with van der Waals surface area (Å²) in [5, 5.41) is 3.20. The van der Waals surface area contributed by atoms with Crippen LogP contribution in [0.15, 0.2) is 39.9 Å². The summed E-state index contributed by atoms with van der Waals surface area (Å²) in [6, 6.07) is 9.75. The molecular weight excluding hydrogens is 320 g/mol. The molecule has 0 saturated heterocycles. The van der Waals surface area contributed by atoms with Crippen LogP contribution in [0, 0.1) is 5.92 Å². The first-order chi connectivity index (χ1) is 11.8. The van der Waals surface area contributed by atoms with Gasteiger partial charge in [-0.2, -0.15) is 0 Å². The minimum absolute atomic E-state index is 0.0391. The van der Waals surface area contributed by atoms with Crippen molar-refractivity contribution >= 4 is 11.6 Å². The number of Topliss-reactive ketones (excluding diaryl/α,β-unsaturated/α-hetero) is 1. The van der Waals surface area contributed by atoms with Gasteiger partial charge in [-0.15, -0.1) is 0 Å². The van der Waals surface area contributed by atoms with E-state index < -0.39 is 17.0 Å². The fourth-order valence-corrected chi connectivity index (χ4v) is 2.81. The van der Waals surface area contributed by atoms with E-state index in [-0.39, 0.29) is 29.9 Å². The van der Waals surface area contributed by atoms with E-state index >= 15 is 0 Å². The number of carbonyl (C=O) groups excluding carboxylic acids is 1. The first-order valence-corrected chi connectivity index (χ1v) is 8.12. The molecule has 0 aliphatic carbocycles. The molecule has 1 atom stereocenters. The summed E-state index contributed by atoms with van der Waals surface area (Å²) in [6.45, 7) is 4.05. The molecule has 0 saturated carbocycles. The highest BCUT2D eigenvalue weighted by atomic mass is 16.2. The lowest BCUT2D eigenvalue weighted by molar-refractivity contribution is 0.0982. The topological polar surface area (TPSA) is 99.1 Å². The minimum atomic E-state index is -0.673. The average Bonchev–Trinajstić information content (AvgIpc) is 2.59. The molecule has 0 amide bonds. The maximum atomic E-state index is 12.6. The lowest BCUT2D eigenvalue weighted by Crippen LogP contribution is -2.43. The Bertz CT molecular complexity index is 882. The molecule has 25 heavy (non-hydrogen) atoms. The van der Waals surface area contributed by atoms with Gasteiger partial charge < -0.3 is 11.1 Å². The maximum absolute atomic E-state index is 12.6. The van der Waals surface area contributed by atoms with Gasteiger partial charge in [-0.1, -0.05) is 44.2 Å². The highest BCUT2D eigenvalue weighted by Gasteiger charge is 2.22. The fourth-order valence-electron chi connectivity index (χ4n) is 2.81. The van der Waals surface area contributed by atoms with Crippen molar-refractivity contribution in [3.8, 4) is 0 Å². The minimum Gasteiger partial charge on any atom is -0.384 e. The molecule has 0 radical (unpaired) electrons. The Balaban J connectivity index is 2.29. The number of rotatable bonds is 6. The highest BCUT2D eigenvalue weighted by Crippen LogP contribution is 2.21. The zero-order valence-corrected chi connectivity index (χ0v) is 14.9. The van der Waals surface area contributed by atoms with E-state index in [2.05, 4.69) is 19.2 Å². The van der Waals surface area contributed by atoms with Crippen LogP contribution >= 0.6 is 0 Å². The Kier molecular flexibility index (Phi) is 5.58. The summed E-state index contributed by atoms with van der Waals surface area (Å²) in [5.41, 5.74) is 5.50. The molecule has 7 nitrogen and oxygen atoms in total. The highest BCUT2D eigenvalue weighted by molar-refractivity contribution is 6.01. The standard InChI is InChI=1S/C18H24N4O3/c1-11(2)15(12-8-6-5-7-9-12)20-10-13(23)14-16(19)21(3)18(25)22(4)17(14)24/h5-9,11,15,20H,10,19H2,1-4H3/t15-/m1/s1. The second kappa shape index (κ2) is 7.48. The number of ketones is 1. The molecule has 0 aliphatic heterocycles. The monoisotopic (exact) mass is 344 g/mol. The number of nitrogens with zero attached hydrogens (tertiary/aromatic N) is 2. The van der Waals surface area contributed by atoms with Gasteiger partial charge in [0, 0.05) is 20.1 Å². The lowest BCUT2D eigenvalue weighted by Gasteiger charge is -2.23. The SMILES string of the molecule is CC(C)[C@@H](NCC(=O)c1c(N)n(C)c(=O)n(C)c1=O)c1ccccc1. The smallest absolute Gasteiger partial charge is 0.332 e. The van der Waals surface area contributed by atoms with E-state index in [0.29, 0.717) is 0 Å². The van der Waals surface area contributed by atoms with Gasteiger partial charge in [-0.3, -0.25) is 18.7 Å². The molecule has 0 aliphatic rings. The molecule has 0 unspecified atom stereocenters. The molecule has 0 fully saturated rings. The van der Waals surface area contributed by atoms with Gasteiger partial charge in [0.2, 0.25) is 0 Å². The van der Waals surface area contributed by atoms with E-state index in [4.69, 9.17) is 5.73 Å². The van der Waals surface area contributed by atoms with Crippen molar-refractivity contribution in [3.63, 3.8) is 0 Å². The van der Waals surface area contributed by atoms with Crippen LogP contribution in [0.5, 0.6) is 0 Å². The van der Waals surface area contributed by atoms with Gasteiger partial charge in [0.15, 0.2) is 5.78 Å². The molecule has 0 bridgehead atoms. The number of nitrogens with one attached hydrogen (secondary N) is 1. The maximum Gasteiger partial charge on any atom is 0.332 e. The molecular formula is C18H24N4O3. The van der Waals surface area contributed by atoms with Crippen LogP contribution in [0.25, 0.3) is 0 Å². The molecule has 0 spiro atoms. The molecule has 1 aromatic carbocycles. The second-order valence-corrected chi connectivity index (χ2v) is 6.40. The molecule has 2 aromatic rings. The van der Waals surface area contributed by atoms with Crippen LogP contribution < -0.4 is 22.3 Å². The summed E-state index contributed by atoms with van der Waals surface area (Å²) in [7, 11) is 2.76. The summed E-state index contributed by atoms with van der Waals surface area (Å²) in [5.74, 6) is -0.300. The Hall–Kier alpha value is -2.67. The Morgan fingerprint density at radius 2 is 1.72 bits per heavy atom. The quantitative estimate of drug-likeness (QED) is 0.757. The van der Waals surface area contributed by atoms with Crippen molar-refractivity contribution in [2.75, 3.05) is 12.3 Å². The third kappa shape index (κ3) is 3.71. The molecule has 1 aromatic heterocycles. The molecule has 3 N–H and O–H groups in total. The lowest BCUT2D eigenvalue weighted by atomic mass is 9.96. The molecule has 1 heterocycles. The van der Waals surface area contributed by atoms with E-state index in [0.717, 1.165) is 14.7 Å². The Morgan fingerprint density at radius 3 is 2.28 bits per heavy atom. The zero-order valence-electron chi connectivity index (χ0n) is 14.9. The third-order valence-corrected chi connectivity index (χ3v) is 4.30. The second-order valence-electron chi connectivity index (χ2n) is 6.40. The number of anilines is 1. The van der Waals surface area contributed by atoms with Gasteiger partial charge in [-0.05, 0) is 11.5 Å². The first-order valence-electron chi connectivity index (χ1n) is 8.12. The van der Waals surface area contributed by atoms with Crippen molar-refractivity contribution < 1.29 is 4.79 Å². The Morgan fingerprint density at radius 1 is 1.12 bits per heavy atom. The number of nitrogen functional groups attached to an aromatic ring is 1. The number of carbonyl (C=O) groups is 1. The Labute approximate surface area is 146 Å². The van der Waals surface area contributed by atoms with Crippen molar-refractivity contribution in [3.05, 3.63) is 62.3 Å². The van der Waals surface area contributed by atoms with Crippen LogP contribution in [-0.4, -0.2) is 21.5 Å². The van der Waals surface area contributed by atoms with Crippen LogP contribution in [0.4, 0.5) is 5.82 Å². The van der Waals surface area contributed by atoms with E-state index in [1.165, 1.54) is 14.1 Å². The van der Waals surface area contributed by atoms with E-state index in [9.17, 15) is 14.4 Å². The van der Waals surface area contributed by atoms with Crippen molar-refractivity contribution in [2.45, 2.75) is 19.9 Å². The third-order valence-electron chi connectivity index (χ3n) is 4.30. The predicted molar refractivity (Wildman–Crippen MR) is 97.7 cm³/mol. The van der Waals surface area contributed by atoms with Gasteiger partial charge in [-0.25, -0.2) is 4.79 Å². The number of hydrogen-bond acceptors (Lipinski definition) is 5. The van der Waals surface area contributed by atoms with E-state index in [1.54, 1.807) is 0 Å². The van der Waals surface area contributed by atoms with Gasteiger partial charge in [0.25, 0.3) is 5.56 Å².